The van der Waals surface area contributed by atoms with Crippen LogP contribution >= 0.6 is 0 Å². The average Bonchev–Trinajstić information content (AvgIpc) is 3.61. The van der Waals surface area contributed by atoms with Gasteiger partial charge in [0, 0.05) is 55.9 Å². The van der Waals surface area contributed by atoms with Gasteiger partial charge in [0.25, 0.3) is 5.91 Å². The number of carbonyl (C=O) groups is 1. The van der Waals surface area contributed by atoms with E-state index < -0.39 is 0 Å². The van der Waals surface area contributed by atoms with Crippen LogP contribution in [0.2, 0.25) is 0 Å². The first-order valence-corrected chi connectivity index (χ1v) is 12.4. The zero-order chi connectivity index (χ0) is 23.1. The molecule has 1 saturated carbocycles. The van der Waals surface area contributed by atoms with Crippen molar-refractivity contribution in [3.8, 4) is 0 Å². The van der Waals surface area contributed by atoms with Gasteiger partial charge in [-0.3, -0.25) is 4.79 Å². The van der Waals surface area contributed by atoms with E-state index >= 15 is 0 Å². The lowest BCUT2D eigenvalue weighted by Crippen LogP contribution is -2.46. The van der Waals surface area contributed by atoms with Crippen LogP contribution in [0.5, 0.6) is 0 Å². The Balaban J connectivity index is 1.58. The first-order valence-electron chi connectivity index (χ1n) is 12.4. The summed E-state index contributed by atoms with van der Waals surface area (Å²) in [7, 11) is 0. The molecule has 0 spiro atoms. The van der Waals surface area contributed by atoms with Gasteiger partial charge in [-0.2, -0.15) is 0 Å². The molecule has 2 aromatic carbocycles. The summed E-state index contributed by atoms with van der Waals surface area (Å²) in [6.45, 7) is 13.9. The molecule has 5 nitrogen and oxygen atoms in total. The van der Waals surface area contributed by atoms with Crippen LogP contribution in [-0.2, 0) is 13.1 Å². The van der Waals surface area contributed by atoms with Crippen LogP contribution in [0.1, 0.15) is 51.1 Å². The number of aromatic nitrogens is 1. The van der Waals surface area contributed by atoms with E-state index in [0.29, 0.717) is 0 Å². The number of carbonyl (C=O) groups excluding carboxylic acids is 1. The molecular weight excluding hydrogens is 408 g/mol. The molecule has 2 N–H and O–H groups in total. The highest BCUT2D eigenvalue weighted by molar-refractivity contribution is 6.04. The van der Waals surface area contributed by atoms with Gasteiger partial charge in [-0.1, -0.05) is 18.2 Å². The Labute approximate surface area is 197 Å². The summed E-state index contributed by atoms with van der Waals surface area (Å²) >= 11 is 0. The SMILES string of the molecule is Cc1cccc(C)c1CNc1cc(C(=O)N2CCNCC2)cc2c(C)c(C)n(CC3CC3)c12. The molecule has 1 aromatic heterocycles. The minimum absolute atomic E-state index is 0.139. The molecule has 3 aromatic rings. The molecule has 1 aliphatic heterocycles. The Morgan fingerprint density at radius 2 is 1.76 bits per heavy atom. The number of hydrogen-bond donors (Lipinski definition) is 2. The third-order valence-corrected chi connectivity index (χ3v) is 7.62. The van der Waals surface area contributed by atoms with Crippen LogP contribution in [0, 0.1) is 33.6 Å². The highest BCUT2D eigenvalue weighted by atomic mass is 16.2. The zero-order valence-corrected chi connectivity index (χ0v) is 20.4. The summed E-state index contributed by atoms with van der Waals surface area (Å²) in [5, 5.41) is 8.31. The summed E-state index contributed by atoms with van der Waals surface area (Å²) in [5.74, 6) is 0.924. The molecule has 33 heavy (non-hydrogen) atoms. The van der Waals surface area contributed by atoms with E-state index in [0.717, 1.165) is 56.4 Å². The quantitative estimate of drug-likeness (QED) is 0.566. The Kier molecular flexibility index (Phi) is 5.92. The number of benzene rings is 2. The predicted octanol–water partition coefficient (Wildman–Crippen LogP) is 4.94. The number of fused-ring (bicyclic) bond motifs is 1. The number of amides is 1. The third-order valence-electron chi connectivity index (χ3n) is 7.62. The van der Waals surface area contributed by atoms with Crippen molar-refractivity contribution in [1.29, 1.82) is 0 Å². The summed E-state index contributed by atoms with van der Waals surface area (Å²) in [4.78, 5) is 15.4. The molecule has 1 amide bonds. The normalized spacial score (nSPS) is 16.4. The van der Waals surface area contributed by atoms with Crippen molar-refractivity contribution in [3.05, 3.63) is 63.8 Å². The molecule has 0 bridgehead atoms. The summed E-state index contributed by atoms with van der Waals surface area (Å²) in [6.07, 6.45) is 2.64. The Hall–Kier alpha value is -2.79. The van der Waals surface area contributed by atoms with Crippen molar-refractivity contribution in [2.24, 2.45) is 5.92 Å². The monoisotopic (exact) mass is 444 g/mol. The van der Waals surface area contributed by atoms with Crippen molar-refractivity contribution in [2.45, 2.75) is 53.6 Å². The van der Waals surface area contributed by atoms with Crippen LogP contribution in [0.4, 0.5) is 5.69 Å². The lowest BCUT2D eigenvalue weighted by Gasteiger charge is -2.27. The molecule has 2 heterocycles. The number of rotatable bonds is 6. The van der Waals surface area contributed by atoms with E-state index in [-0.39, 0.29) is 5.91 Å². The minimum atomic E-state index is 0.139. The van der Waals surface area contributed by atoms with Gasteiger partial charge in [0.05, 0.1) is 11.2 Å². The van der Waals surface area contributed by atoms with E-state index in [9.17, 15) is 4.79 Å². The van der Waals surface area contributed by atoms with Gasteiger partial charge < -0.3 is 20.1 Å². The average molecular weight is 445 g/mol. The summed E-state index contributed by atoms with van der Waals surface area (Å²) in [6, 6.07) is 10.7. The van der Waals surface area contributed by atoms with E-state index in [1.54, 1.807) is 0 Å². The second-order valence-corrected chi connectivity index (χ2v) is 9.95. The maximum atomic E-state index is 13.4. The number of nitrogens with one attached hydrogen (secondary N) is 2. The van der Waals surface area contributed by atoms with Gasteiger partial charge in [0.15, 0.2) is 0 Å². The molecule has 5 heteroatoms. The van der Waals surface area contributed by atoms with Gasteiger partial charge >= 0.3 is 0 Å². The van der Waals surface area contributed by atoms with Crippen molar-refractivity contribution in [2.75, 3.05) is 31.5 Å². The topological polar surface area (TPSA) is 49.3 Å². The molecule has 0 radical (unpaired) electrons. The Morgan fingerprint density at radius 1 is 1.06 bits per heavy atom. The largest absolute Gasteiger partial charge is 0.379 e. The number of anilines is 1. The van der Waals surface area contributed by atoms with Gasteiger partial charge in [0.1, 0.15) is 0 Å². The van der Waals surface area contributed by atoms with Crippen LogP contribution in [0.25, 0.3) is 10.9 Å². The number of aryl methyl sites for hydroxylation is 3. The van der Waals surface area contributed by atoms with E-state index in [4.69, 9.17) is 0 Å². The second kappa shape index (κ2) is 8.86. The maximum Gasteiger partial charge on any atom is 0.254 e. The first kappa shape index (κ1) is 22.0. The van der Waals surface area contributed by atoms with Gasteiger partial charge in [-0.15, -0.1) is 0 Å². The highest BCUT2D eigenvalue weighted by Crippen LogP contribution is 2.38. The Bertz CT molecular complexity index is 1180. The lowest BCUT2D eigenvalue weighted by molar-refractivity contribution is 0.0736. The van der Waals surface area contributed by atoms with E-state index in [2.05, 4.69) is 73.2 Å². The zero-order valence-electron chi connectivity index (χ0n) is 20.4. The number of piperazine rings is 1. The number of nitrogens with zero attached hydrogens (tertiary/aromatic N) is 2. The highest BCUT2D eigenvalue weighted by Gasteiger charge is 2.26. The fraction of sp³-hybridized carbons (Fsp3) is 0.464. The van der Waals surface area contributed by atoms with Crippen molar-refractivity contribution < 1.29 is 4.79 Å². The number of hydrogen-bond acceptors (Lipinski definition) is 3. The fourth-order valence-corrected chi connectivity index (χ4v) is 5.18. The van der Waals surface area contributed by atoms with Crippen LogP contribution in [0.15, 0.2) is 30.3 Å². The molecule has 2 fully saturated rings. The van der Waals surface area contributed by atoms with Crippen LogP contribution < -0.4 is 10.6 Å². The molecule has 2 aliphatic rings. The van der Waals surface area contributed by atoms with Crippen molar-refractivity contribution >= 4 is 22.5 Å². The molecular formula is C28H36N4O. The fourth-order valence-electron chi connectivity index (χ4n) is 5.18. The smallest absolute Gasteiger partial charge is 0.254 e. The molecule has 174 valence electrons. The van der Waals surface area contributed by atoms with Gasteiger partial charge in [0.2, 0.25) is 0 Å². The van der Waals surface area contributed by atoms with E-state index in [1.165, 1.54) is 51.7 Å². The predicted molar refractivity (Wildman–Crippen MR) is 136 cm³/mol. The summed E-state index contributed by atoms with van der Waals surface area (Å²) < 4.78 is 2.49. The Morgan fingerprint density at radius 3 is 2.42 bits per heavy atom. The van der Waals surface area contributed by atoms with E-state index in [1.807, 2.05) is 4.90 Å². The summed E-state index contributed by atoms with van der Waals surface area (Å²) in [5.41, 5.74) is 9.65. The first-order chi connectivity index (χ1) is 15.9. The molecule has 1 aliphatic carbocycles. The standard InChI is InChI=1S/C28H36N4O/c1-18-6-5-7-19(2)25(18)16-30-26-15-23(28(33)31-12-10-29-11-13-31)14-24-20(3)21(4)32(27(24)26)17-22-8-9-22/h5-7,14-15,22,29-30H,8-13,16-17H2,1-4H3. The van der Waals surface area contributed by atoms with Gasteiger partial charge in [-0.25, -0.2) is 0 Å². The third kappa shape index (κ3) is 4.26. The minimum Gasteiger partial charge on any atom is -0.379 e. The van der Waals surface area contributed by atoms with Crippen LogP contribution in [0.3, 0.4) is 0 Å². The van der Waals surface area contributed by atoms with Gasteiger partial charge in [-0.05, 0) is 80.8 Å². The lowest BCUT2D eigenvalue weighted by atomic mass is 10.0. The second-order valence-electron chi connectivity index (χ2n) is 9.95. The molecule has 1 saturated heterocycles. The molecule has 5 rings (SSSR count). The van der Waals surface area contributed by atoms with Crippen molar-refractivity contribution in [3.63, 3.8) is 0 Å². The van der Waals surface area contributed by atoms with Crippen molar-refractivity contribution in [1.82, 2.24) is 14.8 Å². The molecule has 0 atom stereocenters. The van der Waals surface area contributed by atoms with Crippen LogP contribution in [-0.4, -0.2) is 41.6 Å². The molecule has 0 unspecified atom stereocenters. The maximum absolute atomic E-state index is 13.4.